The number of benzene rings is 3. The van der Waals surface area contributed by atoms with Crippen LogP contribution in [0.1, 0.15) is 18.1 Å². The highest BCUT2D eigenvalue weighted by Gasteiger charge is 2.13. The van der Waals surface area contributed by atoms with Crippen molar-refractivity contribution in [1.82, 2.24) is 0 Å². The highest BCUT2D eigenvalue weighted by molar-refractivity contribution is 14.1. The zero-order valence-corrected chi connectivity index (χ0v) is 21.5. The molecule has 0 bridgehead atoms. The Kier molecular flexibility index (Phi) is 9.67. The van der Waals surface area contributed by atoms with Crippen LogP contribution in [0.3, 0.4) is 0 Å². The molecule has 0 unspecified atom stereocenters. The van der Waals surface area contributed by atoms with Gasteiger partial charge in [-0.2, -0.15) is 0 Å². The maximum Gasteiger partial charge on any atom is 0.269 e. The first-order chi connectivity index (χ1) is 16.9. The predicted molar refractivity (Wildman–Crippen MR) is 141 cm³/mol. The molecule has 0 radical (unpaired) electrons. The number of rotatable bonds is 11. The number of amides is 1. The van der Waals surface area contributed by atoms with Crippen LogP contribution in [0.4, 0.5) is 11.4 Å². The predicted octanol–water partition coefficient (Wildman–Crippen LogP) is 5.82. The number of hydrogen-bond donors (Lipinski definition) is 1. The molecule has 0 atom stereocenters. The molecule has 182 valence electrons. The fourth-order valence-corrected chi connectivity index (χ4v) is 3.77. The van der Waals surface area contributed by atoms with Crippen molar-refractivity contribution in [2.45, 2.75) is 13.5 Å². The lowest BCUT2D eigenvalue weighted by Crippen LogP contribution is -2.16. The zero-order valence-electron chi connectivity index (χ0n) is 18.6. The smallest absolute Gasteiger partial charge is 0.269 e. The summed E-state index contributed by atoms with van der Waals surface area (Å²) >= 11 is 7.95. The van der Waals surface area contributed by atoms with Crippen LogP contribution >= 0.6 is 34.2 Å². The molecule has 0 saturated heterocycles. The Hall–Kier alpha value is -3.38. The van der Waals surface area contributed by atoms with Gasteiger partial charge in [-0.05, 0) is 83.6 Å². The first kappa shape index (κ1) is 26.2. The normalized spacial score (nSPS) is 10.7. The number of nitro benzene ring substituents is 1. The van der Waals surface area contributed by atoms with Gasteiger partial charge >= 0.3 is 0 Å². The van der Waals surface area contributed by atoms with E-state index in [1.807, 2.05) is 13.0 Å². The van der Waals surface area contributed by atoms with Gasteiger partial charge in [-0.3, -0.25) is 14.9 Å². The van der Waals surface area contributed by atoms with Gasteiger partial charge in [0.15, 0.2) is 18.1 Å². The Balaban J connectivity index is 1.59. The lowest BCUT2D eigenvalue weighted by molar-refractivity contribution is -0.384. The number of carbonyl (C=O) groups excluding carboxylic acids is 1. The van der Waals surface area contributed by atoms with E-state index in [4.69, 9.17) is 25.9 Å². The van der Waals surface area contributed by atoms with Gasteiger partial charge in [0, 0.05) is 28.4 Å². The highest BCUT2D eigenvalue weighted by Crippen LogP contribution is 2.34. The summed E-state index contributed by atoms with van der Waals surface area (Å²) in [6, 6.07) is 16.5. The van der Waals surface area contributed by atoms with Crippen molar-refractivity contribution in [3.05, 3.63) is 90.5 Å². The molecule has 0 aliphatic heterocycles. The van der Waals surface area contributed by atoms with Crippen molar-refractivity contribution in [3.63, 3.8) is 0 Å². The molecule has 1 N–H and O–H groups in total. The third-order valence-corrected chi connectivity index (χ3v) is 5.52. The largest absolute Gasteiger partial charge is 0.490 e. The molecule has 35 heavy (non-hydrogen) atoms. The van der Waals surface area contributed by atoms with Gasteiger partial charge in [0.2, 0.25) is 0 Å². The number of halogens is 2. The molecular formula is C24H21ClIN3O6. The second kappa shape index (κ2) is 12.9. The summed E-state index contributed by atoms with van der Waals surface area (Å²) in [4.78, 5) is 27.4. The van der Waals surface area contributed by atoms with Gasteiger partial charge in [-0.1, -0.05) is 16.8 Å². The van der Waals surface area contributed by atoms with Crippen molar-refractivity contribution >= 4 is 57.7 Å². The van der Waals surface area contributed by atoms with Crippen LogP contribution in [0.25, 0.3) is 0 Å². The number of ether oxygens (including phenoxy) is 2. The highest BCUT2D eigenvalue weighted by atomic mass is 127. The maximum atomic E-state index is 12.0. The van der Waals surface area contributed by atoms with E-state index in [1.54, 1.807) is 42.5 Å². The van der Waals surface area contributed by atoms with Gasteiger partial charge in [-0.15, -0.1) is 0 Å². The van der Waals surface area contributed by atoms with Crippen molar-refractivity contribution in [1.29, 1.82) is 0 Å². The molecule has 0 spiro atoms. The van der Waals surface area contributed by atoms with E-state index < -0.39 is 4.92 Å². The van der Waals surface area contributed by atoms with Crippen LogP contribution in [-0.2, 0) is 16.2 Å². The Morgan fingerprint density at radius 1 is 1.14 bits per heavy atom. The fraction of sp³-hybridized carbons (Fsp3) is 0.167. The molecule has 3 aromatic rings. The molecule has 0 aliphatic carbocycles. The Bertz CT molecular complexity index is 1200. The number of nitrogens with zero attached hydrogens (tertiary/aromatic N) is 2. The number of anilines is 1. The molecule has 0 aliphatic rings. The lowest BCUT2D eigenvalue weighted by Gasteiger charge is -2.14. The Labute approximate surface area is 220 Å². The van der Waals surface area contributed by atoms with Gasteiger partial charge in [-0.25, -0.2) is 0 Å². The molecule has 0 heterocycles. The van der Waals surface area contributed by atoms with E-state index >= 15 is 0 Å². The van der Waals surface area contributed by atoms with Crippen LogP contribution < -0.4 is 14.8 Å². The molecule has 0 saturated carbocycles. The summed E-state index contributed by atoms with van der Waals surface area (Å²) in [5.41, 5.74) is 2.10. The summed E-state index contributed by atoms with van der Waals surface area (Å²) < 4.78 is 12.4. The lowest BCUT2D eigenvalue weighted by atomic mass is 10.2. The quantitative estimate of drug-likeness (QED) is 0.127. The van der Waals surface area contributed by atoms with Crippen LogP contribution in [-0.4, -0.2) is 30.3 Å². The summed E-state index contributed by atoms with van der Waals surface area (Å²) in [6.07, 6.45) is 1.47. The molecule has 1 amide bonds. The fourth-order valence-electron chi connectivity index (χ4n) is 2.86. The van der Waals surface area contributed by atoms with Gasteiger partial charge in [0.1, 0.15) is 6.61 Å². The molecule has 3 rings (SSSR count). The number of nitrogens with one attached hydrogen (secondary N) is 1. The second-order valence-electron chi connectivity index (χ2n) is 7.04. The minimum atomic E-state index is -0.448. The van der Waals surface area contributed by atoms with E-state index in [0.29, 0.717) is 34.4 Å². The third-order valence-electron chi connectivity index (χ3n) is 4.46. The number of hydrogen-bond acceptors (Lipinski definition) is 7. The molecule has 0 fully saturated rings. The molecule has 3 aromatic carbocycles. The summed E-state index contributed by atoms with van der Waals surface area (Å²) in [5.74, 6) is 0.707. The molecule has 9 nitrogen and oxygen atoms in total. The molecular weight excluding hydrogens is 589 g/mol. The van der Waals surface area contributed by atoms with Gasteiger partial charge in [0.25, 0.3) is 11.6 Å². The summed E-state index contributed by atoms with van der Waals surface area (Å²) in [6.45, 7) is 2.24. The minimum absolute atomic E-state index is 0.0201. The van der Waals surface area contributed by atoms with E-state index in [1.165, 1.54) is 18.3 Å². The first-order valence-electron chi connectivity index (χ1n) is 10.4. The van der Waals surface area contributed by atoms with Crippen molar-refractivity contribution in [2.24, 2.45) is 5.16 Å². The average Bonchev–Trinajstić information content (AvgIpc) is 2.83. The second-order valence-corrected chi connectivity index (χ2v) is 8.64. The van der Waals surface area contributed by atoms with E-state index in [9.17, 15) is 14.9 Å². The van der Waals surface area contributed by atoms with E-state index in [0.717, 1.165) is 9.13 Å². The maximum absolute atomic E-state index is 12.0. The third kappa shape index (κ3) is 8.11. The Morgan fingerprint density at radius 3 is 2.51 bits per heavy atom. The molecule has 11 heteroatoms. The first-order valence-corrected chi connectivity index (χ1v) is 11.8. The van der Waals surface area contributed by atoms with E-state index in [2.05, 4.69) is 33.1 Å². The zero-order chi connectivity index (χ0) is 25.2. The SMILES string of the molecule is CCOc1cc(/C=N/OCC(=O)Nc2ccc(Cl)cc2)cc(I)c1OCc1ccc([N+](=O)[O-])cc1. The monoisotopic (exact) mass is 609 g/mol. The number of nitro groups is 1. The summed E-state index contributed by atoms with van der Waals surface area (Å²) in [7, 11) is 0. The van der Waals surface area contributed by atoms with Gasteiger partial charge < -0.3 is 19.6 Å². The number of carbonyl (C=O) groups is 1. The van der Waals surface area contributed by atoms with Crippen LogP contribution in [0, 0.1) is 13.7 Å². The van der Waals surface area contributed by atoms with Crippen molar-refractivity contribution in [2.75, 3.05) is 18.5 Å². The van der Waals surface area contributed by atoms with Crippen LogP contribution in [0.2, 0.25) is 5.02 Å². The number of oxime groups is 1. The van der Waals surface area contributed by atoms with Gasteiger partial charge in [0.05, 0.1) is 21.3 Å². The average molecular weight is 610 g/mol. The molecule has 0 aromatic heterocycles. The van der Waals surface area contributed by atoms with Crippen LogP contribution in [0.15, 0.2) is 65.8 Å². The summed E-state index contributed by atoms with van der Waals surface area (Å²) in [5, 5.41) is 17.9. The van der Waals surface area contributed by atoms with Crippen LogP contribution in [0.5, 0.6) is 11.5 Å². The van der Waals surface area contributed by atoms with Crippen molar-refractivity contribution in [3.8, 4) is 11.5 Å². The Morgan fingerprint density at radius 2 is 1.86 bits per heavy atom. The number of non-ortho nitro benzene ring substituents is 1. The van der Waals surface area contributed by atoms with Crippen molar-refractivity contribution < 1.29 is 24.0 Å². The topological polar surface area (TPSA) is 112 Å². The minimum Gasteiger partial charge on any atom is -0.490 e. The van der Waals surface area contributed by atoms with E-state index in [-0.39, 0.29) is 24.8 Å². The standard InChI is InChI=1S/C24H21ClIN3O6/c1-2-33-22-12-17(13-27-35-15-23(30)28-19-7-5-18(25)6-8-19)11-21(26)24(22)34-14-16-3-9-20(10-4-16)29(31)32/h3-13H,2,14-15H2,1H3,(H,28,30)/b27-13+.